The number of benzene rings is 2. The highest BCUT2D eigenvalue weighted by Gasteiger charge is 2.17. The van der Waals surface area contributed by atoms with Crippen LogP contribution in [0, 0.1) is 0 Å². The number of ether oxygens (including phenoxy) is 3. The van der Waals surface area contributed by atoms with Crippen LogP contribution in [-0.2, 0) is 6.54 Å². The van der Waals surface area contributed by atoms with E-state index in [1.165, 1.54) is 20.3 Å². The second kappa shape index (κ2) is 8.13. The number of methoxy groups -OCH3 is 3. The molecule has 0 saturated heterocycles. The van der Waals surface area contributed by atoms with Crippen molar-refractivity contribution >= 4 is 29.1 Å². The van der Waals surface area contributed by atoms with Crippen LogP contribution in [-0.4, -0.2) is 27.2 Å². The summed E-state index contributed by atoms with van der Waals surface area (Å²) in [6.45, 7) is 0.227. The molecule has 0 spiro atoms. The largest absolute Gasteiger partial charge is 0.493 e. The Morgan fingerprint density at radius 3 is 2.33 bits per heavy atom. The van der Waals surface area contributed by atoms with Crippen molar-refractivity contribution in [2.45, 2.75) is 6.54 Å². The van der Waals surface area contributed by atoms with Crippen molar-refractivity contribution in [1.82, 2.24) is 5.32 Å². The lowest BCUT2D eigenvalue weighted by Gasteiger charge is -2.16. The fraction of sp³-hybridized carbons (Fsp3) is 0.235. The molecule has 7 heteroatoms. The molecular formula is C17H17Cl2NO4. The van der Waals surface area contributed by atoms with Gasteiger partial charge in [0, 0.05) is 17.1 Å². The van der Waals surface area contributed by atoms with E-state index in [0.29, 0.717) is 32.9 Å². The van der Waals surface area contributed by atoms with Gasteiger partial charge in [-0.25, -0.2) is 0 Å². The first kappa shape index (κ1) is 18.2. The number of amides is 1. The van der Waals surface area contributed by atoms with Gasteiger partial charge in [-0.05, 0) is 30.3 Å². The lowest BCUT2D eigenvalue weighted by molar-refractivity contribution is 0.0950. The standard InChI is InChI=1S/C17H17Cl2NO4/c1-22-14-7-4-10(15(23-2)16(14)24-3)9-20-17(21)12-8-11(18)5-6-13(12)19/h4-8H,9H2,1-3H3,(H,20,21). The van der Waals surface area contributed by atoms with Gasteiger partial charge in [0.2, 0.25) is 5.75 Å². The maximum absolute atomic E-state index is 12.3. The number of rotatable bonds is 6. The Labute approximate surface area is 150 Å². The summed E-state index contributed by atoms with van der Waals surface area (Å²) in [5.74, 6) is 1.17. The summed E-state index contributed by atoms with van der Waals surface area (Å²) in [5, 5.41) is 3.56. The quantitative estimate of drug-likeness (QED) is 0.837. The molecule has 0 saturated carbocycles. The van der Waals surface area contributed by atoms with Gasteiger partial charge in [-0.15, -0.1) is 0 Å². The molecule has 2 aromatic carbocycles. The van der Waals surface area contributed by atoms with Crippen LogP contribution in [0.1, 0.15) is 15.9 Å². The van der Waals surface area contributed by atoms with Crippen molar-refractivity contribution in [3.05, 3.63) is 51.5 Å². The number of nitrogens with one attached hydrogen (secondary N) is 1. The van der Waals surface area contributed by atoms with Gasteiger partial charge >= 0.3 is 0 Å². The van der Waals surface area contributed by atoms with Gasteiger partial charge in [-0.2, -0.15) is 0 Å². The molecule has 2 rings (SSSR count). The summed E-state index contributed by atoms with van der Waals surface area (Å²) in [4.78, 5) is 12.3. The molecule has 0 atom stereocenters. The summed E-state index contributed by atoms with van der Waals surface area (Å²) in [5.41, 5.74) is 1.05. The summed E-state index contributed by atoms with van der Waals surface area (Å²) in [6, 6.07) is 8.26. The molecule has 1 N–H and O–H groups in total. The number of halogens is 2. The van der Waals surface area contributed by atoms with Crippen LogP contribution in [0.5, 0.6) is 17.2 Å². The average Bonchev–Trinajstić information content (AvgIpc) is 2.60. The predicted octanol–water partition coefficient (Wildman–Crippen LogP) is 3.95. The molecule has 2 aromatic rings. The third kappa shape index (κ3) is 3.86. The minimum absolute atomic E-state index is 0.227. The van der Waals surface area contributed by atoms with Crippen LogP contribution in [0.25, 0.3) is 0 Å². The van der Waals surface area contributed by atoms with E-state index in [9.17, 15) is 4.79 Å². The minimum atomic E-state index is -0.334. The fourth-order valence-corrected chi connectivity index (χ4v) is 2.62. The highest BCUT2D eigenvalue weighted by atomic mass is 35.5. The molecule has 0 aliphatic carbocycles. The zero-order valence-corrected chi connectivity index (χ0v) is 15.0. The van der Waals surface area contributed by atoms with E-state index in [1.54, 1.807) is 31.4 Å². The number of hydrogen-bond acceptors (Lipinski definition) is 4. The normalized spacial score (nSPS) is 10.2. The Hall–Kier alpha value is -2.11. The number of carbonyl (C=O) groups is 1. The number of hydrogen-bond donors (Lipinski definition) is 1. The highest BCUT2D eigenvalue weighted by Crippen LogP contribution is 2.39. The van der Waals surface area contributed by atoms with E-state index in [0.717, 1.165) is 5.56 Å². The summed E-state index contributed by atoms with van der Waals surface area (Å²) in [7, 11) is 4.59. The first-order chi connectivity index (χ1) is 11.5. The second-order valence-electron chi connectivity index (χ2n) is 4.80. The third-order valence-electron chi connectivity index (χ3n) is 3.40. The average molecular weight is 370 g/mol. The van der Waals surface area contributed by atoms with Gasteiger partial charge in [-0.3, -0.25) is 4.79 Å². The predicted molar refractivity (Wildman–Crippen MR) is 93.7 cm³/mol. The second-order valence-corrected chi connectivity index (χ2v) is 5.64. The molecule has 0 unspecified atom stereocenters. The molecule has 0 radical (unpaired) electrons. The first-order valence-electron chi connectivity index (χ1n) is 7.03. The molecule has 0 fully saturated rings. The van der Waals surface area contributed by atoms with Crippen molar-refractivity contribution in [1.29, 1.82) is 0 Å². The zero-order chi connectivity index (χ0) is 17.7. The van der Waals surface area contributed by atoms with E-state index in [-0.39, 0.29) is 12.5 Å². The summed E-state index contributed by atoms with van der Waals surface area (Å²) >= 11 is 11.9. The smallest absolute Gasteiger partial charge is 0.253 e. The monoisotopic (exact) mass is 369 g/mol. The maximum atomic E-state index is 12.3. The van der Waals surface area contributed by atoms with E-state index < -0.39 is 0 Å². The molecule has 0 aromatic heterocycles. The molecule has 0 aliphatic heterocycles. The van der Waals surface area contributed by atoms with Gasteiger partial charge in [0.25, 0.3) is 5.91 Å². The van der Waals surface area contributed by atoms with Crippen molar-refractivity contribution in [3.63, 3.8) is 0 Å². The Bertz CT molecular complexity index is 750. The Morgan fingerprint density at radius 2 is 1.71 bits per heavy atom. The molecule has 1 amide bonds. The van der Waals surface area contributed by atoms with E-state index in [1.807, 2.05) is 0 Å². The van der Waals surface area contributed by atoms with E-state index >= 15 is 0 Å². The molecular weight excluding hydrogens is 353 g/mol. The van der Waals surface area contributed by atoms with Crippen LogP contribution >= 0.6 is 23.2 Å². The molecule has 0 heterocycles. The van der Waals surface area contributed by atoms with Gasteiger partial charge in [-0.1, -0.05) is 23.2 Å². The Kier molecular flexibility index (Phi) is 6.17. The van der Waals surface area contributed by atoms with Gasteiger partial charge in [0.1, 0.15) is 0 Å². The molecule has 128 valence electrons. The van der Waals surface area contributed by atoms with Crippen LogP contribution in [0.4, 0.5) is 0 Å². The zero-order valence-electron chi connectivity index (χ0n) is 13.5. The Morgan fingerprint density at radius 1 is 1.00 bits per heavy atom. The van der Waals surface area contributed by atoms with Crippen molar-refractivity contribution in [2.75, 3.05) is 21.3 Å². The molecule has 5 nitrogen and oxygen atoms in total. The van der Waals surface area contributed by atoms with Crippen LogP contribution < -0.4 is 19.5 Å². The van der Waals surface area contributed by atoms with Gasteiger partial charge in [0.05, 0.1) is 31.9 Å². The van der Waals surface area contributed by atoms with Crippen LogP contribution in [0.3, 0.4) is 0 Å². The van der Waals surface area contributed by atoms with Crippen molar-refractivity contribution in [3.8, 4) is 17.2 Å². The topological polar surface area (TPSA) is 56.8 Å². The van der Waals surface area contributed by atoms with Crippen molar-refractivity contribution < 1.29 is 19.0 Å². The van der Waals surface area contributed by atoms with Gasteiger partial charge < -0.3 is 19.5 Å². The lowest BCUT2D eigenvalue weighted by Crippen LogP contribution is -2.23. The maximum Gasteiger partial charge on any atom is 0.253 e. The fourth-order valence-electron chi connectivity index (χ4n) is 2.24. The minimum Gasteiger partial charge on any atom is -0.493 e. The van der Waals surface area contributed by atoms with E-state index in [4.69, 9.17) is 37.4 Å². The molecule has 24 heavy (non-hydrogen) atoms. The highest BCUT2D eigenvalue weighted by molar-refractivity contribution is 6.35. The van der Waals surface area contributed by atoms with Crippen molar-refractivity contribution in [2.24, 2.45) is 0 Å². The van der Waals surface area contributed by atoms with Gasteiger partial charge in [0.15, 0.2) is 11.5 Å². The summed E-state index contributed by atoms with van der Waals surface area (Å²) in [6.07, 6.45) is 0. The lowest BCUT2D eigenvalue weighted by atomic mass is 10.1. The molecule has 0 bridgehead atoms. The first-order valence-corrected chi connectivity index (χ1v) is 7.78. The van der Waals surface area contributed by atoms with Crippen LogP contribution in [0.2, 0.25) is 10.0 Å². The molecule has 0 aliphatic rings. The summed E-state index contributed by atoms with van der Waals surface area (Å²) < 4.78 is 15.9. The van der Waals surface area contributed by atoms with E-state index in [2.05, 4.69) is 5.32 Å². The SMILES string of the molecule is COc1ccc(CNC(=O)c2cc(Cl)ccc2Cl)c(OC)c1OC. The Balaban J connectivity index is 2.23. The van der Waals surface area contributed by atoms with Crippen LogP contribution in [0.15, 0.2) is 30.3 Å². The number of carbonyl (C=O) groups excluding carboxylic acids is 1. The third-order valence-corrected chi connectivity index (χ3v) is 3.96.